The van der Waals surface area contributed by atoms with E-state index in [9.17, 15) is 13.2 Å². The zero-order valence-corrected chi connectivity index (χ0v) is 16.6. The monoisotopic (exact) mass is 393 g/mol. The van der Waals surface area contributed by atoms with Gasteiger partial charge < -0.3 is 0 Å². The third-order valence-corrected chi connectivity index (χ3v) is 7.20. The van der Waals surface area contributed by atoms with Gasteiger partial charge in [-0.15, -0.1) is 11.3 Å². The second-order valence-electron chi connectivity index (χ2n) is 6.27. The highest BCUT2D eigenvalue weighted by atomic mass is 32.2. The van der Waals surface area contributed by atoms with E-state index in [0.717, 1.165) is 38.2 Å². The number of nitrogens with zero attached hydrogens (tertiary/aromatic N) is 2. The van der Waals surface area contributed by atoms with Crippen LogP contribution in [0.1, 0.15) is 41.2 Å². The number of rotatable bonds is 6. The summed E-state index contributed by atoms with van der Waals surface area (Å²) < 4.78 is 24.5. The first-order valence-electron chi connectivity index (χ1n) is 8.78. The molecule has 1 N–H and O–H groups in total. The number of anilines is 1. The summed E-state index contributed by atoms with van der Waals surface area (Å²) in [5.74, 6) is -0.482. The van der Waals surface area contributed by atoms with Gasteiger partial charge in [-0.2, -0.15) is 0 Å². The van der Waals surface area contributed by atoms with Crippen molar-refractivity contribution < 1.29 is 13.2 Å². The average molecular weight is 394 g/mol. The Morgan fingerprint density at radius 2 is 2.08 bits per heavy atom. The molecule has 1 amide bonds. The van der Waals surface area contributed by atoms with E-state index < -0.39 is 15.7 Å². The van der Waals surface area contributed by atoms with Gasteiger partial charge in [-0.25, -0.2) is 13.4 Å². The van der Waals surface area contributed by atoms with Crippen molar-refractivity contribution in [1.82, 2.24) is 9.88 Å². The van der Waals surface area contributed by atoms with E-state index in [1.54, 1.807) is 19.1 Å². The first-order valence-corrected chi connectivity index (χ1v) is 11.3. The van der Waals surface area contributed by atoms with E-state index in [0.29, 0.717) is 5.13 Å². The summed E-state index contributed by atoms with van der Waals surface area (Å²) in [5.41, 5.74) is 1.20. The van der Waals surface area contributed by atoms with E-state index in [1.807, 2.05) is 0 Å². The predicted molar refractivity (Wildman–Crippen MR) is 104 cm³/mol. The summed E-state index contributed by atoms with van der Waals surface area (Å²) in [7, 11) is -3.47. The van der Waals surface area contributed by atoms with Crippen LogP contribution < -0.4 is 5.32 Å². The standard InChI is InChI=1S/C18H23N3O3S2/c1-3-10-21-11-9-14-15(12-21)25-18(19-14)20-17(22)13-7-5-6-8-16(13)26(23,24)4-2/h5-8H,3-4,9-12H2,1-2H3,(H,19,20,22). The lowest BCUT2D eigenvalue weighted by Crippen LogP contribution is -2.30. The smallest absolute Gasteiger partial charge is 0.258 e. The largest absolute Gasteiger partial charge is 0.298 e. The van der Waals surface area contributed by atoms with Crippen LogP contribution >= 0.6 is 11.3 Å². The highest BCUT2D eigenvalue weighted by Gasteiger charge is 2.23. The van der Waals surface area contributed by atoms with Gasteiger partial charge >= 0.3 is 0 Å². The topological polar surface area (TPSA) is 79.4 Å². The molecule has 0 bridgehead atoms. The number of carbonyl (C=O) groups is 1. The number of benzene rings is 1. The Morgan fingerprint density at radius 3 is 2.81 bits per heavy atom. The number of hydrogen-bond acceptors (Lipinski definition) is 6. The van der Waals surface area contributed by atoms with Crippen LogP contribution in [-0.2, 0) is 22.8 Å². The predicted octanol–water partition coefficient (Wildman–Crippen LogP) is 2.96. The van der Waals surface area contributed by atoms with Crippen LogP contribution in [0.25, 0.3) is 0 Å². The maximum atomic E-state index is 12.7. The zero-order chi connectivity index (χ0) is 18.7. The molecule has 1 aliphatic rings. The van der Waals surface area contributed by atoms with Gasteiger partial charge in [-0.1, -0.05) is 26.0 Å². The van der Waals surface area contributed by atoms with Crippen LogP contribution in [0, 0.1) is 0 Å². The number of amides is 1. The van der Waals surface area contributed by atoms with Crippen molar-refractivity contribution in [2.24, 2.45) is 0 Å². The summed E-state index contributed by atoms with van der Waals surface area (Å²) in [6, 6.07) is 6.31. The molecule has 2 aromatic rings. The van der Waals surface area contributed by atoms with Crippen molar-refractivity contribution in [2.75, 3.05) is 24.2 Å². The van der Waals surface area contributed by atoms with Gasteiger partial charge in [0, 0.05) is 24.4 Å². The molecular formula is C18H23N3O3S2. The Labute approximate surface area is 158 Å². The van der Waals surface area contributed by atoms with Crippen molar-refractivity contribution in [3.63, 3.8) is 0 Å². The Morgan fingerprint density at radius 1 is 1.31 bits per heavy atom. The molecule has 0 saturated carbocycles. The Kier molecular flexibility index (Phi) is 5.74. The van der Waals surface area contributed by atoms with Crippen LogP contribution in [-0.4, -0.2) is 43.1 Å². The number of thiazole rings is 1. The molecular weight excluding hydrogens is 370 g/mol. The number of carbonyl (C=O) groups excluding carboxylic acids is 1. The first kappa shape index (κ1) is 19.0. The molecule has 0 aliphatic carbocycles. The zero-order valence-electron chi connectivity index (χ0n) is 15.0. The molecule has 3 rings (SSSR count). The van der Waals surface area contributed by atoms with Crippen LogP contribution in [0.2, 0.25) is 0 Å². The Hall–Kier alpha value is -1.77. The van der Waals surface area contributed by atoms with Crippen LogP contribution in [0.15, 0.2) is 29.2 Å². The summed E-state index contributed by atoms with van der Waals surface area (Å²) in [6.45, 7) is 6.63. The molecule has 6 nitrogen and oxygen atoms in total. The molecule has 1 aromatic carbocycles. The van der Waals surface area contributed by atoms with Gasteiger partial charge in [0.1, 0.15) is 0 Å². The van der Waals surface area contributed by atoms with Gasteiger partial charge in [0.15, 0.2) is 15.0 Å². The molecule has 0 radical (unpaired) electrons. The molecule has 1 aromatic heterocycles. The van der Waals surface area contributed by atoms with E-state index >= 15 is 0 Å². The summed E-state index contributed by atoms with van der Waals surface area (Å²) in [4.78, 5) is 20.8. The summed E-state index contributed by atoms with van der Waals surface area (Å²) >= 11 is 1.47. The summed E-state index contributed by atoms with van der Waals surface area (Å²) in [5, 5.41) is 3.31. The molecule has 2 heterocycles. The lowest BCUT2D eigenvalue weighted by Gasteiger charge is -2.24. The van der Waals surface area contributed by atoms with Crippen LogP contribution in [0.5, 0.6) is 0 Å². The Bertz CT molecular complexity index is 906. The minimum absolute atomic E-state index is 0.0455. The molecule has 140 valence electrons. The van der Waals surface area contributed by atoms with Crippen molar-refractivity contribution in [1.29, 1.82) is 0 Å². The fraction of sp³-hybridized carbons (Fsp3) is 0.444. The molecule has 0 spiro atoms. The molecule has 0 saturated heterocycles. The Balaban J connectivity index is 1.80. The maximum Gasteiger partial charge on any atom is 0.258 e. The minimum Gasteiger partial charge on any atom is -0.298 e. The van der Waals surface area contributed by atoms with Crippen molar-refractivity contribution in [3.05, 3.63) is 40.4 Å². The van der Waals surface area contributed by atoms with Crippen molar-refractivity contribution in [2.45, 2.75) is 38.1 Å². The minimum atomic E-state index is -3.47. The number of fused-ring (bicyclic) bond motifs is 1. The van der Waals surface area contributed by atoms with E-state index in [1.165, 1.54) is 28.3 Å². The molecule has 0 fully saturated rings. The van der Waals surface area contributed by atoms with E-state index in [-0.39, 0.29) is 16.2 Å². The quantitative estimate of drug-likeness (QED) is 0.816. The van der Waals surface area contributed by atoms with Crippen LogP contribution in [0.3, 0.4) is 0 Å². The average Bonchev–Trinajstić information content (AvgIpc) is 3.03. The molecule has 0 atom stereocenters. The van der Waals surface area contributed by atoms with Gasteiger partial charge in [0.2, 0.25) is 0 Å². The highest BCUT2D eigenvalue weighted by molar-refractivity contribution is 7.91. The van der Waals surface area contributed by atoms with E-state index in [2.05, 4.69) is 22.1 Å². The fourth-order valence-corrected chi connectivity index (χ4v) is 5.19. The van der Waals surface area contributed by atoms with E-state index in [4.69, 9.17) is 0 Å². The lowest BCUT2D eigenvalue weighted by atomic mass is 10.2. The number of hydrogen-bond donors (Lipinski definition) is 1. The SMILES string of the molecule is CCCN1CCc2nc(NC(=O)c3ccccc3S(=O)(=O)CC)sc2C1. The first-order chi connectivity index (χ1) is 12.4. The van der Waals surface area contributed by atoms with Gasteiger partial charge in [0.25, 0.3) is 5.91 Å². The molecule has 0 unspecified atom stereocenters. The fourth-order valence-electron chi connectivity index (χ4n) is 3.05. The highest BCUT2D eigenvalue weighted by Crippen LogP contribution is 2.29. The second kappa shape index (κ2) is 7.85. The third kappa shape index (κ3) is 3.97. The summed E-state index contributed by atoms with van der Waals surface area (Å²) in [6.07, 6.45) is 1.99. The second-order valence-corrected chi connectivity index (χ2v) is 9.60. The van der Waals surface area contributed by atoms with Crippen molar-refractivity contribution >= 4 is 32.2 Å². The molecule has 8 heteroatoms. The number of sulfone groups is 1. The molecule has 26 heavy (non-hydrogen) atoms. The number of nitrogens with one attached hydrogen (secondary N) is 1. The van der Waals surface area contributed by atoms with Gasteiger partial charge in [-0.3, -0.25) is 15.0 Å². The van der Waals surface area contributed by atoms with Crippen LogP contribution in [0.4, 0.5) is 5.13 Å². The van der Waals surface area contributed by atoms with Crippen molar-refractivity contribution in [3.8, 4) is 0 Å². The van der Waals surface area contributed by atoms with Gasteiger partial charge in [0.05, 0.1) is 21.9 Å². The maximum absolute atomic E-state index is 12.7. The van der Waals surface area contributed by atoms with Gasteiger partial charge in [-0.05, 0) is 25.1 Å². The third-order valence-electron chi connectivity index (χ3n) is 4.42. The normalized spacial score (nSPS) is 14.8. The lowest BCUT2D eigenvalue weighted by molar-refractivity contribution is 0.102. The molecule has 1 aliphatic heterocycles. The number of aromatic nitrogens is 1.